The third-order valence-electron chi connectivity index (χ3n) is 5.81. The number of aliphatic hydroxyl groups excluding tert-OH is 2. The monoisotopic (exact) mass is 501 g/mol. The van der Waals surface area contributed by atoms with E-state index in [4.69, 9.17) is 36.8 Å². The molecule has 4 N–H and O–H groups in total. The number of benzene rings is 1. The van der Waals surface area contributed by atoms with Gasteiger partial charge in [0.1, 0.15) is 0 Å². The zero-order valence-corrected chi connectivity index (χ0v) is 19.8. The average molecular weight is 502 g/mol. The van der Waals surface area contributed by atoms with E-state index in [1.165, 1.54) is 0 Å². The number of aliphatic carboxylic acids is 2. The minimum Gasteiger partial charge on any atom is -0.479 e. The molecule has 0 aromatic heterocycles. The van der Waals surface area contributed by atoms with Crippen LogP contribution in [0.25, 0.3) is 0 Å². The van der Waals surface area contributed by atoms with E-state index in [1.54, 1.807) is 7.11 Å². The predicted octanol–water partition coefficient (Wildman–Crippen LogP) is -0.166. The standard InChI is InChI=1S/C18H26ClN3O2.C4H6O6/c1-24-13-12-20-8-10-21(11-9-20)14-15-6-7-22(18(15)23)17-4-2-16(19)3-5-17;5-1(3(7)8)2(6)4(9)10/h2-5,15H,6-14H2,1H3;1-2,5-6H,(H,7,8)(H,9,10)/t15-;1-,2-/m10/s1. The van der Waals surface area contributed by atoms with Crippen LogP contribution in [0.4, 0.5) is 5.69 Å². The molecule has 190 valence electrons. The molecule has 0 saturated carbocycles. The van der Waals surface area contributed by atoms with Crippen molar-refractivity contribution in [1.82, 2.24) is 9.80 Å². The molecule has 0 radical (unpaired) electrons. The van der Waals surface area contributed by atoms with E-state index in [0.29, 0.717) is 5.02 Å². The quantitative estimate of drug-likeness (QED) is 0.359. The molecule has 2 aliphatic rings. The third kappa shape index (κ3) is 8.19. The number of carboxylic acids is 2. The summed E-state index contributed by atoms with van der Waals surface area (Å²) in [4.78, 5) is 39.0. The van der Waals surface area contributed by atoms with E-state index in [-0.39, 0.29) is 11.8 Å². The second-order valence-electron chi connectivity index (χ2n) is 8.15. The summed E-state index contributed by atoms with van der Waals surface area (Å²) in [6.07, 6.45) is -3.60. The van der Waals surface area contributed by atoms with Crippen LogP contribution >= 0.6 is 11.6 Å². The van der Waals surface area contributed by atoms with Crippen LogP contribution in [-0.2, 0) is 19.1 Å². The maximum absolute atomic E-state index is 12.7. The number of methoxy groups -OCH3 is 1. The van der Waals surface area contributed by atoms with Gasteiger partial charge in [-0.15, -0.1) is 0 Å². The Kier molecular flexibility index (Phi) is 11.2. The van der Waals surface area contributed by atoms with Gasteiger partial charge in [0.05, 0.1) is 12.5 Å². The Bertz CT molecular complexity index is 799. The summed E-state index contributed by atoms with van der Waals surface area (Å²) in [6, 6.07) is 7.54. The first-order valence-electron chi connectivity index (χ1n) is 11.0. The molecule has 1 aromatic carbocycles. The lowest BCUT2D eigenvalue weighted by atomic mass is 10.1. The van der Waals surface area contributed by atoms with Gasteiger partial charge in [0.2, 0.25) is 5.91 Å². The number of carboxylic acid groups (broad SMARTS) is 2. The summed E-state index contributed by atoms with van der Waals surface area (Å²) in [5.41, 5.74) is 0.955. The highest BCUT2D eigenvalue weighted by Gasteiger charge is 2.34. The summed E-state index contributed by atoms with van der Waals surface area (Å²) in [7, 11) is 1.74. The highest BCUT2D eigenvalue weighted by Crippen LogP contribution is 2.27. The molecular weight excluding hydrogens is 470 g/mol. The highest BCUT2D eigenvalue weighted by molar-refractivity contribution is 6.30. The van der Waals surface area contributed by atoms with Crippen molar-refractivity contribution < 1.29 is 39.5 Å². The van der Waals surface area contributed by atoms with Gasteiger partial charge in [-0.3, -0.25) is 9.69 Å². The second kappa shape index (κ2) is 13.6. The summed E-state index contributed by atoms with van der Waals surface area (Å²) < 4.78 is 5.14. The number of rotatable bonds is 9. The van der Waals surface area contributed by atoms with Crippen molar-refractivity contribution in [2.75, 3.05) is 64.4 Å². The molecule has 3 rings (SSSR count). The van der Waals surface area contributed by atoms with Gasteiger partial charge < -0.3 is 35.0 Å². The van der Waals surface area contributed by atoms with Crippen molar-refractivity contribution in [2.45, 2.75) is 18.6 Å². The number of hydrogen-bond acceptors (Lipinski definition) is 8. The van der Waals surface area contributed by atoms with Crippen LogP contribution in [0.5, 0.6) is 0 Å². The first-order chi connectivity index (χ1) is 16.1. The fraction of sp³-hybridized carbons (Fsp3) is 0.591. The zero-order chi connectivity index (χ0) is 25.3. The van der Waals surface area contributed by atoms with Crippen LogP contribution < -0.4 is 4.90 Å². The van der Waals surface area contributed by atoms with Crippen LogP contribution in [0.1, 0.15) is 6.42 Å². The van der Waals surface area contributed by atoms with E-state index in [1.807, 2.05) is 29.2 Å². The number of hydrogen-bond donors (Lipinski definition) is 4. The minimum absolute atomic E-state index is 0.117. The molecule has 0 unspecified atom stereocenters. The van der Waals surface area contributed by atoms with Gasteiger partial charge in [-0.1, -0.05) is 11.6 Å². The SMILES string of the molecule is COCCN1CCN(C[C@H]2CCN(c3ccc(Cl)cc3)C2=O)CC1.O=C(O)[C@@H](O)[C@H](O)C(=O)O. The van der Waals surface area contributed by atoms with Crippen LogP contribution in [0.2, 0.25) is 5.02 Å². The van der Waals surface area contributed by atoms with Gasteiger partial charge in [-0.2, -0.15) is 0 Å². The normalized spacial score (nSPS) is 21.0. The summed E-state index contributed by atoms with van der Waals surface area (Å²) >= 11 is 5.93. The van der Waals surface area contributed by atoms with Gasteiger partial charge >= 0.3 is 11.9 Å². The Morgan fingerprint density at radius 3 is 2.03 bits per heavy atom. The first-order valence-corrected chi connectivity index (χ1v) is 11.3. The maximum Gasteiger partial charge on any atom is 0.335 e. The van der Waals surface area contributed by atoms with E-state index < -0.39 is 24.1 Å². The van der Waals surface area contributed by atoms with Crippen molar-refractivity contribution in [1.29, 1.82) is 0 Å². The van der Waals surface area contributed by atoms with Gasteiger partial charge in [0.25, 0.3) is 0 Å². The number of ether oxygens (including phenoxy) is 1. The molecular formula is C22H32ClN3O8. The molecule has 12 heteroatoms. The van der Waals surface area contributed by atoms with E-state index in [2.05, 4.69) is 9.80 Å². The minimum atomic E-state index is -2.27. The van der Waals surface area contributed by atoms with Crippen molar-refractivity contribution in [3.05, 3.63) is 29.3 Å². The molecule has 1 amide bonds. The van der Waals surface area contributed by atoms with Crippen LogP contribution in [-0.4, -0.2) is 120 Å². The van der Waals surface area contributed by atoms with Crippen LogP contribution in [0.15, 0.2) is 24.3 Å². The molecule has 34 heavy (non-hydrogen) atoms. The number of carbonyl (C=O) groups is 3. The van der Waals surface area contributed by atoms with Gasteiger partial charge in [-0.05, 0) is 30.7 Å². The number of piperazine rings is 1. The van der Waals surface area contributed by atoms with Crippen LogP contribution in [0, 0.1) is 5.92 Å². The van der Waals surface area contributed by atoms with Crippen molar-refractivity contribution in [2.24, 2.45) is 5.92 Å². The molecule has 2 saturated heterocycles. The van der Waals surface area contributed by atoms with Gasteiger partial charge in [-0.25, -0.2) is 9.59 Å². The average Bonchev–Trinajstić information content (AvgIpc) is 3.18. The lowest BCUT2D eigenvalue weighted by molar-refractivity contribution is -0.165. The number of aliphatic hydroxyl groups is 2. The lowest BCUT2D eigenvalue weighted by Crippen LogP contribution is -2.49. The first kappa shape index (κ1) is 28.0. The van der Waals surface area contributed by atoms with Gasteiger partial charge in [0, 0.05) is 63.6 Å². The molecule has 0 spiro atoms. The smallest absolute Gasteiger partial charge is 0.335 e. The number of amides is 1. The molecule has 1 aromatic rings. The Morgan fingerprint density at radius 2 is 1.53 bits per heavy atom. The number of nitrogens with zero attached hydrogens (tertiary/aromatic N) is 3. The van der Waals surface area contributed by atoms with E-state index >= 15 is 0 Å². The Morgan fingerprint density at radius 1 is 1.00 bits per heavy atom. The zero-order valence-electron chi connectivity index (χ0n) is 19.0. The van der Waals surface area contributed by atoms with Crippen molar-refractivity contribution >= 4 is 35.1 Å². The third-order valence-corrected chi connectivity index (χ3v) is 6.07. The Balaban J connectivity index is 0.000000347. The summed E-state index contributed by atoms with van der Waals surface area (Å²) in [5.74, 6) is -3.17. The van der Waals surface area contributed by atoms with Crippen LogP contribution in [0.3, 0.4) is 0 Å². The summed E-state index contributed by atoms with van der Waals surface area (Å²) in [5, 5.41) is 33.2. The Labute approximate surface area is 203 Å². The number of carbonyl (C=O) groups excluding carboxylic acids is 1. The molecule has 3 atom stereocenters. The highest BCUT2D eigenvalue weighted by atomic mass is 35.5. The number of halogens is 1. The fourth-order valence-corrected chi connectivity index (χ4v) is 3.91. The van der Waals surface area contributed by atoms with Gasteiger partial charge in [0.15, 0.2) is 12.2 Å². The molecule has 2 heterocycles. The second-order valence-corrected chi connectivity index (χ2v) is 8.59. The topological polar surface area (TPSA) is 151 Å². The molecule has 0 bridgehead atoms. The fourth-order valence-electron chi connectivity index (χ4n) is 3.78. The summed E-state index contributed by atoms with van der Waals surface area (Å²) in [6.45, 7) is 7.66. The predicted molar refractivity (Wildman–Crippen MR) is 124 cm³/mol. The molecule has 2 fully saturated rings. The van der Waals surface area contributed by atoms with Crippen molar-refractivity contribution in [3.63, 3.8) is 0 Å². The maximum atomic E-state index is 12.7. The number of anilines is 1. The van der Waals surface area contributed by atoms with E-state index in [9.17, 15) is 14.4 Å². The van der Waals surface area contributed by atoms with E-state index in [0.717, 1.165) is 64.5 Å². The van der Waals surface area contributed by atoms with Crippen molar-refractivity contribution in [3.8, 4) is 0 Å². The lowest BCUT2D eigenvalue weighted by Gasteiger charge is -2.35. The Hall–Kier alpha value is -2.28. The molecule has 2 aliphatic heterocycles. The largest absolute Gasteiger partial charge is 0.479 e. The molecule has 0 aliphatic carbocycles. The molecule has 11 nitrogen and oxygen atoms in total.